The van der Waals surface area contributed by atoms with Crippen LogP contribution >= 0.6 is 11.3 Å². The topological polar surface area (TPSA) is 57.4 Å². The molecule has 2 aromatic rings. The van der Waals surface area contributed by atoms with E-state index in [0.29, 0.717) is 5.13 Å². The zero-order valence-electron chi connectivity index (χ0n) is 9.61. The predicted octanol–water partition coefficient (Wildman–Crippen LogP) is 2.31. The minimum absolute atomic E-state index is 0.621. The van der Waals surface area contributed by atoms with E-state index in [1.807, 2.05) is 12.1 Å². The number of hydrogen-bond acceptors (Lipinski definition) is 5. The molecule has 0 unspecified atom stereocenters. The minimum atomic E-state index is 0.621. The maximum Gasteiger partial charge on any atom is 0.180 e. The highest BCUT2D eigenvalue weighted by atomic mass is 32.1. The van der Waals surface area contributed by atoms with Gasteiger partial charge in [0.15, 0.2) is 16.6 Å². The van der Waals surface area contributed by atoms with Gasteiger partial charge < -0.3 is 15.2 Å². The number of nitrogens with zero attached hydrogens (tertiary/aromatic N) is 1. The van der Waals surface area contributed by atoms with Crippen LogP contribution in [0.25, 0.3) is 11.3 Å². The fourth-order valence-electron chi connectivity index (χ4n) is 2.16. The van der Waals surface area contributed by atoms with Gasteiger partial charge in [0.1, 0.15) is 0 Å². The van der Waals surface area contributed by atoms with E-state index in [2.05, 4.69) is 4.98 Å². The summed E-state index contributed by atoms with van der Waals surface area (Å²) in [7, 11) is 3.28. The van der Waals surface area contributed by atoms with Crippen molar-refractivity contribution in [3.05, 3.63) is 22.6 Å². The lowest BCUT2D eigenvalue weighted by molar-refractivity contribution is 0.355. The van der Waals surface area contributed by atoms with Crippen molar-refractivity contribution in [3.63, 3.8) is 0 Å². The first kappa shape index (κ1) is 10.4. The first-order chi connectivity index (χ1) is 8.22. The number of nitrogens with two attached hydrogens (primary N) is 1. The largest absolute Gasteiger partial charge is 0.493 e. The van der Waals surface area contributed by atoms with Crippen LogP contribution in [0.15, 0.2) is 12.1 Å². The van der Waals surface area contributed by atoms with Gasteiger partial charge in [0.2, 0.25) is 0 Å². The molecule has 0 atom stereocenters. The Balaban J connectivity index is 2.19. The molecule has 0 fully saturated rings. The summed E-state index contributed by atoms with van der Waals surface area (Å²) in [6.45, 7) is 0. The van der Waals surface area contributed by atoms with E-state index < -0.39 is 0 Å². The first-order valence-electron chi connectivity index (χ1n) is 5.23. The molecule has 17 heavy (non-hydrogen) atoms. The van der Waals surface area contributed by atoms with Crippen LogP contribution in [0.3, 0.4) is 0 Å². The Hall–Kier alpha value is -1.75. The van der Waals surface area contributed by atoms with Crippen molar-refractivity contribution in [3.8, 4) is 22.8 Å². The van der Waals surface area contributed by atoms with Crippen LogP contribution in [0, 0.1) is 0 Å². The van der Waals surface area contributed by atoms with E-state index in [-0.39, 0.29) is 0 Å². The molecule has 0 saturated carbocycles. The number of aromatic nitrogens is 1. The van der Waals surface area contributed by atoms with Crippen LogP contribution in [0.1, 0.15) is 10.4 Å². The fraction of sp³-hybridized carbons (Fsp3) is 0.250. The van der Waals surface area contributed by atoms with E-state index in [4.69, 9.17) is 15.2 Å². The number of fused-ring (bicyclic) bond motifs is 3. The lowest BCUT2D eigenvalue weighted by Gasteiger charge is -2.09. The van der Waals surface area contributed by atoms with Gasteiger partial charge in [-0.3, -0.25) is 0 Å². The smallest absolute Gasteiger partial charge is 0.180 e. The van der Waals surface area contributed by atoms with Gasteiger partial charge in [-0.15, -0.1) is 11.3 Å². The molecule has 0 spiro atoms. The number of hydrogen-bond donors (Lipinski definition) is 1. The van der Waals surface area contributed by atoms with Crippen LogP contribution in [-0.2, 0) is 6.42 Å². The van der Waals surface area contributed by atoms with Gasteiger partial charge >= 0.3 is 0 Å². The number of methoxy groups -OCH3 is 2. The zero-order chi connectivity index (χ0) is 12.0. The molecule has 0 bridgehead atoms. The summed E-state index contributed by atoms with van der Waals surface area (Å²) in [4.78, 5) is 5.58. The van der Waals surface area contributed by atoms with Gasteiger partial charge in [-0.1, -0.05) is 0 Å². The first-order valence-corrected chi connectivity index (χ1v) is 6.05. The predicted molar refractivity (Wildman–Crippen MR) is 67.9 cm³/mol. The maximum atomic E-state index is 5.72. The summed E-state index contributed by atoms with van der Waals surface area (Å²) in [5, 5.41) is 0.621. The third kappa shape index (κ3) is 1.46. The quantitative estimate of drug-likeness (QED) is 0.756. The third-order valence-electron chi connectivity index (χ3n) is 2.93. The van der Waals surface area contributed by atoms with Crippen molar-refractivity contribution in [2.75, 3.05) is 20.0 Å². The molecule has 0 amide bonds. The van der Waals surface area contributed by atoms with E-state index >= 15 is 0 Å². The average Bonchev–Trinajstić information content (AvgIpc) is 2.82. The second-order valence-electron chi connectivity index (χ2n) is 3.87. The molecule has 4 nitrogen and oxygen atoms in total. The van der Waals surface area contributed by atoms with Crippen molar-refractivity contribution in [1.29, 1.82) is 0 Å². The summed E-state index contributed by atoms with van der Waals surface area (Å²) in [5.41, 5.74) is 9.03. The summed E-state index contributed by atoms with van der Waals surface area (Å²) in [6, 6.07) is 3.98. The molecule has 0 saturated heterocycles. The Morgan fingerprint density at radius 1 is 1.24 bits per heavy atom. The van der Waals surface area contributed by atoms with Crippen LogP contribution in [0.5, 0.6) is 11.5 Å². The molecule has 1 aromatic carbocycles. The number of ether oxygens (including phenoxy) is 2. The van der Waals surface area contributed by atoms with Gasteiger partial charge in [-0.25, -0.2) is 4.98 Å². The highest BCUT2D eigenvalue weighted by molar-refractivity contribution is 7.15. The highest BCUT2D eigenvalue weighted by Gasteiger charge is 2.25. The van der Waals surface area contributed by atoms with Crippen molar-refractivity contribution in [1.82, 2.24) is 4.98 Å². The van der Waals surface area contributed by atoms with Gasteiger partial charge in [-0.2, -0.15) is 0 Å². The zero-order valence-corrected chi connectivity index (χ0v) is 10.4. The minimum Gasteiger partial charge on any atom is -0.493 e. The Kier molecular flexibility index (Phi) is 2.22. The number of rotatable bonds is 2. The summed E-state index contributed by atoms with van der Waals surface area (Å²) in [5.74, 6) is 1.49. The molecule has 0 aliphatic heterocycles. The van der Waals surface area contributed by atoms with Crippen molar-refractivity contribution in [2.45, 2.75) is 6.42 Å². The van der Waals surface area contributed by atoms with E-state index in [1.54, 1.807) is 25.6 Å². The van der Waals surface area contributed by atoms with Gasteiger partial charge in [0.05, 0.1) is 19.9 Å². The van der Waals surface area contributed by atoms with Crippen LogP contribution < -0.4 is 15.2 Å². The van der Waals surface area contributed by atoms with Gasteiger partial charge in [0.25, 0.3) is 0 Å². The van der Waals surface area contributed by atoms with Crippen LogP contribution in [-0.4, -0.2) is 19.2 Å². The number of nitrogen functional groups attached to an aromatic ring is 1. The number of thiazole rings is 1. The van der Waals surface area contributed by atoms with Crippen molar-refractivity contribution in [2.24, 2.45) is 0 Å². The molecule has 2 N–H and O–H groups in total. The molecule has 88 valence electrons. The Morgan fingerprint density at radius 2 is 1.94 bits per heavy atom. The second-order valence-corrected chi connectivity index (χ2v) is 4.98. The Bertz CT molecular complexity index is 592. The van der Waals surface area contributed by atoms with Crippen LogP contribution in [0.4, 0.5) is 5.13 Å². The number of benzene rings is 1. The van der Waals surface area contributed by atoms with E-state index in [1.165, 1.54) is 10.4 Å². The maximum absolute atomic E-state index is 5.72. The third-order valence-corrected chi connectivity index (χ3v) is 3.81. The molecule has 3 rings (SSSR count). The standard InChI is InChI=1S/C12H12N2O2S/c1-15-8-3-6-4-10-11(14-12(13)17-10)7(6)5-9(8)16-2/h3,5H,4H2,1-2H3,(H2,13,14). The molecular weight excluding hydrogens is 236 g/mol. The average molecular weight is 248 g/mol. The lowest BCUT2D eigenvalue weighted by Crippen LogP contribution is -1.93. The monoisotopic (exact) mass is 248 g/mol. The summed E-state index contributed by atoms with van der Waals surface area (Å²) >= 11 is 1.55. The Morgan fingerprint density at radius 3 is 2.65 bits per heavy atom. The number of anilines is 1. The highest BCUT2D eigenvalue weighted by Crippen LogP contribution is 2.44. The molecule has 0 radical (unpaired) electrons. The summed E-state index contributed by atoms with van der Waals surface area (Å²) in [6.07, 6.45) is 0.875. The lowest BCUT2D eigenvalue weighted by atomic mass is 10.1. The van der Waals surface area contributed by atoms with Crippen molar-refractivity contribution < 1.29 is 9.47 Å². The molecule has 1 aliphatic carbocycles. The van der Waals surface area contributed by atoms with Gasteiger partial charge in [0, 0.05) is 16.9 Å². The normalized spacial score (nSPS) is 12.1. The SMILES string of the molecule is COc1cc2c(cc1OC)-c1nc(N)sc1C2. The fourth-order valence-corrected chi connectivity index (χ4v) is 3.03. The molecule has 5 heteroatoms. The molecular formula is C12H12N2O2S. The van der Waals surface area contributed by atoms with Crippen molar-refractivity contribution >= 4 is 16.5 Å². The van der Waals surface area contributed by atoms with Crippen LogP contribution in [0.2, 0.25) is 0 Å². The molecule has 1 heterocycles. The molecule has 1 aromatic heterocycles. The molecule has 1 aliphatic rings. The Labute approximate surface area is 103 Å². The van der Waals surface area contributed by atoms with E-state index in [9.17, 15) is 0 Å². The van der Waals surface area contributed by atoms with Gasteiger partial charge in [-0.05, 0) is 17.7 Å². The van der Waals surface area contributed by atoms with E-state index in [0.717, 1.165) is 29.2 Å². The second kappa shape index (κ2) is 3.63. The summed E-state index contributed by atoms with van der Waals surface area (Å²) < 4.78 is 10.6.